The highest BCUT2D eigenvalue weighted by Crippen LogP contribution is 2.45. The molecule has 2 aromatic carbocycles. The maximum atomic E-state index is 5.83. The first-order chi connectivity index (χ1) is 9.29. The molecule has 2 aromatic rings. The van der Waals surface area contributed by atoms with E-state index in [-0.39, 0.29) is 6.04 Å². The zero-order valence-electron chi connectivity index (χ0n) is 11.0. The highest BCUT2D eigenvalue weighted by Gasteiger charge is 2.30. The molecule has 0 aliphatic carbocycles. The summed E-state index contributed by atoms with van der Waals surface area (Å²) in [5.74, 6) is 7.36. The van der Waals surface area contributed by atoms with Gasteiger partial charge < -0.3 is 0 Å². The second-order valence-electron chi connectivity index (χ2n) is 5.01. The van der Waals surface area contributed by atoms with E-state index in [9.17, 15) is 0 Å². The van der Waals surface area contributed by atoms with Crippen molar-refractivity contribution in [1.29, 1.82) is 0 Å². The molecule has 1 heterocycles. The number of thioether (sulfide) groups is 1. The molecule has 98 valence electrons. The topological polar surface area (TPSA) is 38.0 Å². The molecule has 3 rings (SSSR count). The van der Waals surface area contributed by atoms with Crippen molar-refractivity contribution >= 4 is 11.8 Å². The number of benzene rings is 2. The van der Waals surface area contributed by atoms with Gasteiger partial charge in [-0.1, -0.05) is 48.0 Å². The molecular formula is C16H18N2S. The molecule has 0 saturated carbocycles. The van der Waals surface area contributed by atoms with E-state index in [1.54, 1.807) is 0 Å². The average Bonchev–Trinajstić information content (AvgIpc) is 2.84. The van der Waals surface area contributed by atoms with Gasteiger partial charge in [0.1, 0.15) is 0 Å². The predicted octanol–water partition coefficient (Wildman–Crippen LogP) is 3.39. The number of hydrazine groups is 1. The minimum absolute atomic E-state index is 0.177. The van der Waals surface area contributed by atoms with Gasteiger partial charge in [0, 0.05) is 16.6 Å². The number of hydrogen-bond donors (Lipinski definition) is 2. The van der Waals surface area contributed by atoms with E-state index in [1.807, 2.05) is 11.8 Å². The van der Waals surface area contributed by atoms with Crippen LogP contribution in [0.3, 0.4) is 0 Å². The summed E-state index contributed by atoms with van der Waals surface area (Å²) < 4.78 is 0. The Morgan fingerprint density at radius 1 is 1.21 bits per heavy atom. The molecule has 3 heteroatoms. The van der Waals surface area contributed by atoms with Crippen molar-refractivity contribution in [3.05, 3.63) is 65.2 Å². The number of fused-ring (bicyclic) bond motifs is 1. The van der Waals surface area contributed by atoms with Crippen molar-refractivity contribution in [2.45, 2.75) is 23.8 Å². The Labute approximate surface area is 118 Å². The summed E-state index contributed by atoms with van der Waals surface area (Å²) in [6.45, 7) is 2.12. The van der Waals surface area contributed by atoms with Crippen LogP contribution >= 0.6 is 11.8 Å². The summed E-state index contributed by atoms with van der Waals surface area (Å²) in [7, 11) is 0. The molecule has 0 aromatic heterocycles. The van der Waals surface area contributed by atoms with Crippen molar-refractivity contribution < 1.29 is 0 Å². The Balaban J connectivity index is 1.96. The smallest absolute Gasteiger partial charge is 0.0537 e. The van der Waals surface area contributed by atoms with Crippen molar-refractivity contribution in [2.24, 2.45) is 5.84 Å². The molecule has 0 fully saturated rings. The van der Waals surface area contributed by atoms with Gasteiger partial charge in [-0.3, -0.25) is 11.3 Å². The fourth-order valence-electron chi connectivity index (χ4n) is 2.77. The lowest BCUT2D eigenvalue weighted by atomic mass is 9.88. The lowest BCUT2D eigenvalue weighted by Gasteiger charge is -2.24. The van der Waals surface area contributed by atoms with Crippen LogP contribution in [0.5, 0.6) is 0 Å². The zero-order valence-corrected chi connectivity index (χ0v) is 11.8. The molecule has 2 atom stereocenters. The number of nitrogens with two attached hydrogens (primary N) is 1. The number of rotatable bonds is 3. The number of aryl methyl sites for hydroxylation is 1. The standard InChI is InChI=1S/C16H18N2S/c1-11-5-4-6-12(9-11)16(18-17)14-10-19-15-8-3-2-7-13(14)15/h2-9,14,16,18H,10,17H2,1H3. The molecule has 2 nitrogen and oxygen atoms in total. The number of nitrogens with one attached hydrogen (secondary N) is 1. The highest BCUT2D eigenvalue weighted by atomic mass is 32.2. The second kappa shape index (κ2) is 5.37. The van der Waals surface area contributed by atoms with E-state index in [0.717, 1.165) is 5.75 Å². The van der Waals surface area contributed by atoms with E-state index >= 15 is 0 Å². The van der Waals surface area contributed by atoms with Crippen LogP contribution in [0.1, 0.15) is 28.7 Å². The van der Waals surface area contributed by atoms with Crippen molar-refractivity contribution in [2.75, 3.05) is 5.75 Å². The van der Waals surface area contributed by atoms with Gasteiger partial charge in [-0.15, -0.1) is 11.8 Å². The minimum atomic E-state index is 0.177. The largest absolute Gasteiger partial charge is 0.271 e. The van der Waals surface area contributed by atoms with Crippen LogP contribution < -0.4 is 11.3 Å². The summed E-state index contributed by atoms with van der Waals surface area (Å²) in [5.41, 5.74) is 6.97. The van der Waals surface area contributed by atoms with Gasteiger partial charge in [0.15, 0.2) is 0 Å². The van der Waals surface area contributed by atoms with Gasteiger partial charge in [-0.2, -0.15) is 0 Å². The Kier molecular flexibility index (Phi) is 3.60. The fourth-order valence-corrected chi connectivity index (χ4v) is 4.06. The molecular weight excluding hydrogens is 252 g/mol. The third kappa shape index (κ3) is 2.41. The van der Waals surface area contributed by atoms with Gasteiger partial charge in [-0.25, -0.2) is 0 Å². The monoisotopic (exact) mass is 270 g/mol. The Bertz CT molecular complexity index is 582. The summed E-state index contributed by atoms with van der Waals surface area (Å²) in [6.07, 6.45) is 0. The fraction of sp³-hybridized carbons (Fsp3) is 0.250. The Morgan fingerprint density at radius 3 is 2.84 bits per heavy atom. The van der Waals surface area contributed by atoms with Crippen LogP contribution in [0.15, 0.2) is 53.4 Å². The molecule has 0 bridgehead atoms. The first-order valence-electron chi connectivity index (χ1n) is 6.54. The van der Waals surface area contributed by atoms with E-state index in [1.165, 1.54) is 21.6 Å². The first-order valence-corrected chi connectivity index (χ1v) is 7.52. The van der Waals surface area contributed by atoms with E-state index in [2.05, 4.69) is 60.9 Å². The lowest BCUT2D eigenvalue weighted by molar-refractivity contribution is 0.485. The van der Waals surface area contributed by atoms with E-state index in [0.29, 0.717) is 5.92 Å². The molecule has 0 radical (unpaired) electrons. The van der Waals surface area contributed by atoms with Crippen molar-refractivity contribution in [1.82, 2.24) is 5.43 Å². The van der Waals surface area contributed by atoms with Gasteiger partial charge in [0.05, 0.1) is 6.04 Å². The van der Waals surface area contributed by atoms with Crippen LogP contribution in [0, 0.1) is 6.92 Å². The van der Waals surface area contributed by atoms with Crippen LogP contribution in [-0.2, 0) is 0 Å². The van der Waals surface area contributed by atoms with Crippen LogP contribution in [0.2, 0.25) is 0 Å². The zero-order chi connectivity index (χ0) is 13.2. The Hall–Kier alpha value is -1.29. The normalized spacial score (nSPS) is 19.2. The second-order valence-corrected chi connectivity index (χ2v) is 6.08. The van der Waals surface area contributed by atoms with Crippen LogP contribution in [0.25, 0.3) is 0 Å². The van der Waals surface area contributed by atoms with Gasteiger partial charge in [0.2, 0.25) is 0 Å². The predicted molar refractivity (Wildman–Crippen MR) is 81.2 cm³/mol. The number of hydrogen-bond acceptors (Lipinski definition) is 3. The third-order valence-corrected chi connectivity index (χ3v) is 4.93. The molecule has 1 aliphatic heterocycles. The maximum absolute atomic E-state index is 5.83. The molecule has 3 N–H and O–H groups in total. The molecule has 2 unspecified atom stereocenters. The quantitative estimate of drug-likeness (QED) is 0.663. The van der Waals surface area contributed by atoms with Gasteiger partial charge in [0.25, 0.3) is 0 Å². The summed E-state index contributed by atoms with van der Waals surface area (Å²) in [6, 6.07) is 17.4. The minimum Gasteiger partial charge on any atom is -0.271 e. The lowest BCUT2D eigenvalue weighted by Crippen LogP contribution is -2.32. The SMILES string of the molecule is Cc1cccc(C(NN)C2CSc3ccccc32)c1. The van der Waals surface area contributed by atoms with Crippen molar-refractivity contribution in [3.63, 3.8) is 0 Å². The van der Waals surface area contributed by atoms with E-state index in [4.69, 9.17) is 5.84 Å². The summed E-state index contributed by atoms with van der Waals surface area (Å²) in [4.78, 5) is 1.39. The summed E-state index contributed by atoms with van der Waals surface area (Å²) >= 11 is 1.92. The van der Waals surface area contributed by atoms with Gasteiger partial charge in [-0.05, 0) is 24.1 Å². The average molecular weight is 270 g/mol. The van der Waals surface area contributed by atoms with Gasteiger partial charge >= 0.3 is 0 Å². The molecule has 0 spiro atoms. The summed E-state index contributed by atoms with van der Waals surface area (Å²) in [5, 5.41) is 0. The first kappa shape index (κ1) is 12.7. The highest BCUT2D eigenvalue weighted by molar-refractivity contribution is 7.99. The van der Waals surface area contributed by atoms with Crippen LogP contribution in [0.4, 0.5) is 0 Å². The van der Waals surface area contributed by atoms with Crippen LogP contribution in [-0.4, -0.2) is 5.75 Å². The Morgan fingerprint density at radius 2 is 2.05 bits per heavy atom. The van der Waals surface area contributed by atoms with Crippen molar-refractivity contribution in [3.8, 4) is 0 Å². The molecule has 0 saturated heterocycles. The molecule has 0 amide bonds. The maximum Gasteiger partial charge on any atom is 0.0537 e. The molecule has 1 aliphatic rings. The van der Waals surface area contributed by atoms with E-state index < -0.39 is 0 Å². The molecule has 19 heavy (non-hydrogen) atoms. The third-order valence-electron chi connectivity index (χ3n) is 3.72.